The predicted octanol–water partition coefficient (Wildman–Crippen LogP) is 4.22. The molecule has 0 aliphatic heterocycles. The van der Waals surface area contributed by atoms with Crippen LogP contribution in [-0.2, 0) is 12.6 Å². The number of halogens is 3. The molecule has 1 aromatic rings. The second-order valence-electron chi connectivity index (χ2n) is 3.82. The van der Waals surface area contributed by atoms with Crippen molar-refractivity contribution < 1.29 is 13.2 Å². The molecule has 0 saturated carbocycles. The minimum absolute atomic E-state index is 0.533. The Balaban J connectivity index is 2.54. The largest absolute Gasteiger partial charge is 0.433 e. The van der Waals surface area contributed by atoms with Crippen molar-refractivity contribution in [3.05, 3.63) is 29.6 Å². The maximum atomic E-state index is 12.3. The average Bonchev–Trinajstić information content (AvgIpc) is 2.24. The second-order valence-corrected chi connectivity index (χ2v) is 3.82. The molecule has 0 N–H and O–H groups in total. The summed E-state index contributed by atoms with van der Waals surface area (Å²) in [5.41, 5.74) is -0.258. The Hall–Kier alpha value is -1.06. The van der Waals surface area contributed by atoms with Gasteiger partial charge in [-0.3, -0.25) is 0 Å². The molecule has 1 heterocycles. The van der Waals surface area contributed by atoms with Crippen molar-refractivity contribution in [2.24, 2.45) is 0 Å². The van der Waals surface area contributed by atoms with Gasteiger partial charge >= 0.3 is 6.18 Å². The summed E-state index contributed by atoms with van der Waals surface area (Å²) < 4.78 is 37.0. The van der Waals surface area contributed by atoms with Gasteiger partial charge in [-0.2, -0.15) is 13.2 Å². The summed E-state index contributed by atoms with van der Waals surface area (Å²) in [6, 6.07) is 4.09. The van der Waals surface area contributed by atoms with E-state index in [1.807, 2.05) is 0 Å². The molecule has 0 fully saturated rings. The van der Waals surface area contributed by atoms with Crippen LogP contribution in [0.1, 0.15) is 44.0 Å². The molecule has 0 spiro atoms. The fraction of sp³-hybridized carbons (Fsp3) is 0.583. The lowest BCUT2D eigenvalue weighted by Crippen LogP contribution is -2.09. The number of aryl methyl sites for hydroxylation is 1. The fourth-order valence-electron chi connectivity index (χ4n) is 1.51. The van der Waals surface area contributed by atoms with Crippen molar-refractivity contribution in [1.82, 2.24) is 4.98 Å². The Labute approximate surface area is 93.7 Å². The number of hydrogen-bond donors (Lipinski definition) is 0. The minimum Gasteiger partial charge on any atom is -0.248 e. The summed E-state index contributed by atoms with van der Waals surface area (Å²) in [5, 5.41) is 0. The van der Waals surface area contributed by atoms with E-state index in [9.17, 15) is 13.2 Å². The minimum atomic E-state index is -4.33. The van der Waals surface area contributed by atoms with Crippen molar-refractivity contribution in [3.63, 3.8) is 0 Å². The van der Waals surface area contributed by atoms with Gasteiger partial charge in [0.1, 0.15) is 5.69 Å². The average molecular weight is 231 g/mol. The molecule has 4 heteroatoms. The molecule has 0 radical (unpaired) electrons. The van der Waals surface area contributed by atoms with Crippen LogP contribution >= 0.6 is 0 Å². The number of pyridine rings is 1. The first-order chi connectivity index (χ1) is 7.54. The van der Waals surface area contributed by atoms with Gasteiger partial charge in [0, 0.05) is 5.69 Å². The molecule has 0 aromatic carbocycles. The van der Waals surface area contributed by atoms with E-state index < -0.39 is 11.9 Å². The maximum absolute atomic E-state index is 12.3. The zero-order chi connectivity index (χ0) is 12.0. The van der Waals surface area contributed by atoms with Gasteiger partial charge in [-0.1, -0.05) is 32.3 Å². The summed E-state index contributed by atoms with van der Waals surface area (Å²) in [5.74, 6) is 0. The SMILES string of the molecule is CCCCCCc1cccc(C(F)(F)F)n1. The molecule has 0 aliphatic carbocycles. The van der Waals surface area contributed by atoms with Gasteiger partial charge in [-0.15, -0.1) is 0 Å². The van der Waals surface area contributed by atoms with Gasteiger partial charge < -0.3 is 0 Å². The van der Waals surface area contributed by atoms with E-state index in [4.69, 9.17) is 0 Å². The zero-order valence-corrected chi connectivity index (χ0v) is 9.35. The van der Waals surface area contributed by atoms with Gasteiger partial charge in [0.05, 0.1) is 0 Å². The molecule has 1 aromatic heterocycles. The number of aromatic nitrogens is 1. The number of rotatable bonds is 5. The number of unbranched alkanes of at least 4 members (excludes halogenated alkanes) is 3. The first-order valence-electron chi connectivity index (χ1n) is 5.57. The maximum Gasteiger partial charge on any atom is 0.433 e. The zero-order valence-electron chi connectivity index (χ0n) is 9.35. The van der Waals surface area contributed by atoms with Crippen LogP contribution in [0.3, 0.4) is 0 Å². The lowest BCUT2D eigenvalue weighted by Gasteiger charge is -2.07. The number of hydrogen-bond acceptors (Lipinski definition) is 1. The standard InChI is InChI=1S/C12H16F3N/c1-2-3-4-5-7-10-8-6-9-11(16-10)12(13,14)15/h6,8-9H,2-5,7H2,1H3. The van der Waals surface area contributed by atoms with Gasteiger partial charge in [-0.05, 0) is 25.0 Å². The van der Waals surface area contributed by atoms with E-state index in [0.29, 0.717) is 12.1 Å². The Kier molecular flexibility index (Phi) is 4.77. The third-order valence-corrected chi connectivity index (χ3v) is 2.38. The number of nitrogens with zero attached hydrogens (tertiary/aromatic N) is 1. The molecule has 16 heavy (non-hydrogen) atoms. The van der Waals surface area contributed by atoms with Crippen molar-refractivity contribution in [2.45, 2.75) is 45.2 Å². The van der Waals surface area contributed by atoms with Crippen LogP contribution in [0.25, 0.3) is 0 Å². The molecular formula is C12H16F3N. The van der Waals surface area contributed by atoms with Crippen LogP contribution in [0.4, 0.5) is 13.2 Å². The fourth-order valence-corrected chi connectivity index (χ4v) is 1.51. The van der Waals surface area contributed by atoms with Crippen LogP contribution in [-0.4, -0.2) is 4.98 Å². The van der Waals surface area contributed by atoms with Crippen molar-refractivity contribution >= 4 is 0 Å². The van der Waals surface area contributed by atoms with Crippen molar-refractivity contribution in [1.29, 1.82) is 0 Å². The first kappa shape index (κ1) is 13.0. The van der Waals surface area contributed by atoms with Crippen LogP contribution in [0.2, 0.25) is 0 Å². The van der Waals surface area contributed by atoms with Gasteiger partial charge in [0.15, 0.2) is 0 Å². The first-order valence-corrected chi connectivity index (χ1v) is 5.57. The molecular weight excluding hydrogens is 215 g/mol. The highest BCUT2D eigenvalue weighted by atomic mass is 19.4. The monoisotopic (exact) mass is 231 g/mol. The number of alkyl halides is 3. The Morgan fingerprint density at radius 1 is 1.12 bits per heavy atom. The molecule has 0 unspecified atom stereocenters. The van der Waals surface area contributed by atoms with E-state index in [-0.39, 0.29) is 0 Å². The van der Waals surface area contributed by atoms with Crippen LogP contribution in [0, 0.1) is 0 Å². The van der Waals surface area contributed by atoms with E-state index in [1.165, 1.54) is 6.07 Å². The highest BCUT2D eigenvalue weighted by Crippen LogP contribution is 2.27. The van der Waals surface area contributed by atoms with Gasteiger partial charge in [0.25, 0.3) is 0 Å². The van der Waals surface area contributed by atoms with Crippen LogP contribution in [0.5, 0.6) is 0 Å². The Morgan fingerprint density at radius 3 is 2.50 bits per heavy atom. The Bertz CT molecular complexity index is 320. The summed E-state index contributed by atoms with van der Waals surface area (Å²) in [4.78, 5) is 3.62. The van der Waals surface area contributed by atoms with E-state index in [2.05, 4.69) is 11.9 Å². The summed E-state index contributed by atoms with van der Waals surface area (Å²) >= 11 is 0. The van der Waals surface area contributed by atoms with Crippen LogP contribution < -0.4 is 0 Å². The molecule has 90 valence electrons. The highest BCUT2D eigenvalue weighted by molar-refractivity contribution is 5.13. The Morgan fingerprint density at radius 2 is 1.88 bits per heavy atom. The summed E-state index contributed by atoms with van der Waals surface area (Å²) in [7, 11) is 0. The quantitative estimate of drug-likeness (QED) is 0.691. The topological polar surface area (TPSA) is 12.9 Å². The van der Waals surface area contributed by atoms with Crippen LogP contribution in [0.15, 0.2) is 18.2 Å². The third kappa shape index (κ3) is 4.21. The highest BCUT2D eigenvalue weighted by Gasteiger charge is 2.32. The van der Waals surface area contributed by atoms with Gasteiger partial charge in [-0.25, -0.2) is 4.98 Å². The van der Waals surface area contributed by atoms with E-state index in [0.717, 1.165) is 31.7 Å². The third-order valence-electron chi connectivity index (χ3n) is 2.38. The normalized spacial score (nSPS) is 11.8. The molecule has 0 aliphatic rings. The van der Waals surface area contributed by atoms with Gasteiger partial charge in [0.2, 0.25) is 0 Å². The molecule has 0 atom stereocenters. The molecule has 0 saturated heterocycles. The molecule has 0 amide bonds. The molecule has 1 rings (SSSR count). The van der Waals surface area contributed by atoms with E-state index in [1.54, 1.807) is 6.07 Å². The molecule has 1 nitrogen and oxygen atoms in total. The predicted molar refractivity (Wildman–Crippen MR) is 57.1 cm³/mol. The second kappa shape index (κ2) is 5.87. The smallest absolute Gasteiger partial charge is 0.248 e. The summed E-state index contributed by atoms with van der Waals surface area (Å²) in [6.45, 7) is 2.10. The molecule has 0 bridgehead atoms. The van der Waals surface area contributed by atoms with E-state index >= 15 is 0 Å². The van der Waals surface area contributed by atoms with Crippen molar-refractivity contribution in [3.8, 4) is 0 Å². The lowest BCUT2D eigenvalue weighted by molar-refractivity contribution is -0.141. The summed E-state index contributed by atoms with van der Waals surface area (Å²) in [6.07, 6.45) is 0.495. The lowest BCUT2D eigenvalue weighted by atomic mass is 10.1. The van der Waals surface area contributed by atoms with Crippen molar-refractivity contribution in [2.75, 3.05) is 0 Å².